The van der Waals surface area contributed by atoms with E-state index in [0.29, 0.717) is 46.2 Å². The van der Waals surface area contributed by atoms with Gasteiger partial charge in [0.1, 0.15) is 0 Å². The van der Waals surface area contributed by atoms with Crippen molar-refractivity contribution in [3.8, 4) is 11.4 Å². The summed E-state index contributed by atoms with van der Waals surface area (Å²) in [5, 5.41) is 5.80. The summed E-state index contributed by atoms with van der Waals surface area (Å²) in [5.41, 5.74) is 0.766. The lowest BCUT2D eigenvalue weighted by Gasteiger charge is -2.22. The fourth-order valence-electron chi connectivity index (χ4n) is 3.38. The van der Waals surface area contributed by atoms with Crippen LogP contribution in [0.5, 0.6) is 0 Å². The Balaban J connectivity index is 1.96. The minimum atomic E-state index is -2.95. The van der Waals surface area contributed by atoms with Gasteiger partial charge < -0.3 is 0 Å². The minimum absolute atomic E-state index is 0.0234. The summed E-state index contributed by atoms with van der Waals surface area (Å²) in [5.74, 6) is 1.47. The van der Waals surface area contributed by atoms with Crippen LogP contribution in [0.4, 0.5) is 0 Å². The average Bonchev–Trinajstić information content (AvgIpc) is 3.09. The van der Waals surface area contributed by atoms with Gasteiger partial charge in [0.2, 0.25) is 0 Å². The third-order valence-corrected chi connectivity index (χ3v) is 7.56. The molecule has 10 heteroatoms. The van der Waals surface area contributed by atoms with Gasteiger partial charge in [-0.15, -0.1) is 0 Å². The van der Waals surface area contributed by atoms with E-state index in [-0.39, 0.29) is 17.5 Å². The van der Waals surface area contributed by atoms with Gasteiger partial charge in [-0.1, -0.05) is 37.0 Å². The van der Waals surface area contributed by atoms with Crippen molar-refractivity contribution >= 4 is 45.3 Å². The molecule has 2 aromatic rings. The highest BCUT2D eigenvalue weighted by atomic mass is 35.5. The molecule has 6 nitrogen and oxygen atoms in total. The Labute approximate surface area is 181 Å². The van der Waals surface area contributed by atoms with Gasteiger partial charge in [0.15, 0.2) is 20.4 Å². The maximum atomic E-state index is 11.8. The topological polar surface area (TPSA) is 60.1 Å². The fourth-order valence-corrected chi connectivity index (χ4v) is 5.94. The number of sulfone groups is 1. The average molecular weight is 463 g/mol. The summed E-state index contributed by atoms with van der Waals surface area (Å²) >= 11 is 18.1. The van der Waals surface area contributed by atoms with E-state index >= 15 is 0 Å². The molecule has 1 saturated heterocycles. The largest absolute Gasteiger partial charge is 0.300 e. The first-order valence-electron chi connectivity index (χ1n) is 9.11. The number of halogens is 2. The van der Waals surface area contributed by atoms with Crippen LogP contribution in [0.2, 0.25) is 10.0 Å². The van der Waals surface area contributed by atoms with Crippen molar-refractivity contribution in [3.63, 3.8) is 0 Å². The molecule has 1 aliphatic rings. The summed E-state index contributed by atoms with van der Waals surface area (Å²) in [6, 6.07) is 5.29. The van der Waals surface area contributed by atoms with E-state index in [4.69, 9.17) is 40.5 Å². The molecule has 3 rings (SSSR count). The first-order chi connectivity index (χ1) is 13.1. The molecule has 2 heterocycles. The maximum Gasteiger partial charge on any atom is 0.199 e. The molecule has 0 bridgehead atoms. The lowest BCUT2D eigenvalue weighted by Crippen LogP contribution is -2.34. The quantitative estimate of drug-likeness (QED) is 0.604. The number of rotatable bonds is 6. The Morgan fingerprint density at radius 1 is 1.36 bits per heavy atom. The van der Waals surface area contributed by atoms with Crippen molar-refractivity contribution in [3.05, 3.63) is 33.0 Å². The molecule has 1 unspecified atom stereocenters. The van der Waals surface area contributed by atoms with Crippen molar-refractivity contribution in [2.45, 2.75) is 39.5 Å². The Bertz CT molecular complexity index is 1030. The van der Waals surface area contributed by atoms with Gasteiger partial charge in [0, 0.05) is 23.2 Å². The van der Waals surface area contributed by atoms with Crippen LogP contribution in [0.1, 0.15) is 20.3 Å². The third kappa shape index (κ3) is 4.79. The van der Waals surface area contributed by atoms with Crippen LogP contribution in [-0.4, -0.2) is 52.3 Å². The maximum absolute atomic E-state index is 11.8. The van der Waals surface area contributed by atoms with Crippen LogP contribution in [0.25, 0.3) is 11.4 Å². The molecule has 28 heavy (non-hydrogen) atoms. The second-order valence-electron chi connectivity index (χ2n) is 7.69. The van der Waals surface area contributed by atoms with Gasteiger partial charge in [-0.3, -0.25) is 9.47 Å². The van der Waals surface area contributed by atoms with Gasteiger partial charge in [-0.2, -0.15) is 5.10 Å². The zero-order valence-electron chi connectivity index (χ0n) is 16.1. The van der Waals surface area contributed by atoms with Crippen molar-refractivity contribution in [1.29, 1.82) is 0 Å². The van der Waals surface area contributed by atoms with E-state index in [1.54, 1.807) is 16.8 Å². The first kappa shape index (κ1) is 21.8. The Morgan fingerprint density at radius 2 is 2.07 bits per heavy atom. The van der Waals surface area contributed by atoms with Crippen molar-refractivity contribution in [2.75, 3.05) is 18.6 Å². The van der Waals surface area contributed by atoms with Crippen LogP contribution in [0, 0.1) is 10.7 Å². The number of aromatic nitrogens is 3. The SMILES string of the molecule is CC(C)Cn1c(-c2ccc(Cl)cc2Cl)nn(CN(C)C2CCS(=O)(=O)C2)c1=S. The van der Waals surface area contributed by atoms with Crippen molar-refractivity contribution in [2.24, 2.45) is 5.92 Å². The summed E-state index contributed by atoms with van der Waals surface area (Å²) < 4.78 is 27.9. The van der Waals surface area contributed by atoms with E-state index in [2.05, 4.69) is 13.8 Å². The van der Waals surface area contributed by atoms with Gasteiger partial charge in [-0.05, 0) is 49.8 Å². The van der Waals surface area contributed by atoms with Crippen molar-refractivity contribution < 1.29 is 8.42 Å². The van der Waals surface area contributed by atoms with Crippen LogP contribution in [0.15, 0.2) is 18.2 Å². The molecule has 1 aliphatic heterocycles. The Morgan fingerprint density at radius 3 is 2.64 bits per heavy atom. The standard InChI is InChI=1S/C18H24Cl2N4O2S2/c1-12(2)9-23-17(15-5-4-13(19)8-16(15)20)21-24(18(23)27)11-22(3)14-6-7-28(25,26)10-14/h4-5,8,12,14H,6-7,9-11H2,1-3H3. The zero-order chi connectivity index (χ0) is 20.6. The summed E-state index contributed by atoms with van der Waals surface area (Å²) in [6.07, 6.45) is 0.634. The highest BCUT2D eigenvalue weighted by molar-refractivity contribution is 7.91. The van der Waals surface area contributed by atoms with Crippen LogP contribution in [0.3, 0.4) is 0 Å². The molecular weight excluding hydrogens is 439 g/mol. The Hall–Kier alpha value is -0.930. The molecule has 1 aromatic carbocycles. The van der Waals surface area contributed by atoms with E-state index in [1.165, 1.54) is 0 Å². The molecule has 0 aliphatic carbocycles. The lowest BCUT2D eigenvalue weighted by molar-refractivity contribution is 0.196. The molecule has 1 atom stereocenters. The zero-order valence-corrected chi connectivity index (χ0v) is 19.2. The summed E-state index contributed by atoms with van der Waals surface area (Å²) in [7, 11) is -1.04. The number of hydrogen-bond acceptors (Lipinski definition) is 5. The van der Waals surface area contributed by atoms with Gasteiger partial charge in [-0.25, -0.2) is 13.1 Å². The molecule has 0 saturated carbocycles. The summed E-state index contributed by atoms with van der Waals surface area (Å²) in [4.78, 5) is 2.00. The van der Waals surface area contributed by atoms with Crippen LogP contribution < -0.4 is 0 Å². The summed E-state index contributed by atoms with van der Waals surface area (Å²) in [6.45, 7) is 5.35. The second-order valence-corrected chi connectivity index (χ2v) is 11.1. The van der Waals surface area contributed by atoms with E-state index in [9.17, 15) is 8.42 Å². The van der Waals surface area contributed by atoms with E-state index in [1.807, 2.05) is 22.6 Å². The molecule has 0 N–H and O–H groups in total. The van der Waals surface area contributed by atoms with Gasteiger partial charge in [0.25, 0.3) is 0 Å². The Kier molecular flexibility index (Phi) is 6.56. The highest BCUT2D eigenvalue weighted by Gasteiger charge is 2.31. The molecule has 0 spiro atoms. The van der Waals surface area contributed by atoms with Gasteiger partial charge in [0.05, 0.1) is 23.2 Å². The second kappa shape index (κ2) is 8.44. The lowest BCUT2D eigenvalue weighted by atomic mass is 10.2. The van der Waals surface area contributed by atoms with E-state index in [0.717, 1.165) is 5.56 Å². The molecule has 154 valence electrons. The molecule has 1 fully saturated rings. The molecule has 1 aromatic heterocycles. The fraction of sp³-hybridized carbons (Fsp3) is 0.556. The highest BCUT2D eigenvalue weighted by Crippen LogP contribution is 2.30. The van der Waals surface area contributed by atoms with E-state index < -0.39 is 9.84 Å². The molecule has 0 amide bonds. The molecule has 0 radical (unpaired) electrons. The normalized spacial score (nSPS) is 19.0. The number of nitrogens with zero attached hydrogens (tertiary/aromatic N) is 4. The molecular formula is C18H24Cl2N4O2S2. The third-order valence-electron chi connectivity index (χ3n) is 4.83. The predicted octanol–water partition coefficient (Wildman–Crippen LogP) is 4.12. The van der Waals surface area contributed by atoms with Crippen LogP contribution in [-0.2, 0) is 23.1 Å². The minimum Gasteiger partial charge on any atom is -0.300 e. The first-order valence-corrected chi connectivity index (χ1v) is 12.1. The monoisotopic (exact) mass is 462 g/mol. The van der Waals surface area contributed by atoms with Gasteiger partial charge >= 0.3 is 0 Å². The smallest absolute Gasteiger partial charge is 0.199 e. The van der Waals surface area contributed by atoms with Crippen LogP contribution >= 0.6 is 35.4 Å². The van der Waals surface area contributed by atoms with Crippen molar-refractivity contribution in [1.82, 2.24) is 19.2 Å². The number of benzene rings is 1. The predicted molar refractivity (Wildman–Crippen MR) is 116 cm³/mol. The number of hydrogen-bond donors (Lipinski definition) is 0.